The molecular formula is C14H13N3O. The molecule has 2 heterocycles. The van der Waals surface area contributed by atoms with Gasteiger partial charge in [-0.15, -0.1) is 0 Å². The predicted molar refractivity (Wildman–Crippen MR) is 73.3 cm³/mol. The molecule has 0 saturated carbocycles. The Bertz CT molecular complexity index is 727. The summed E-state index contributed by atoms with van der Waals surface area (Å²) in [7, 11) is 0. The molecule has 1 aliphatic rings. The molecule has 0 radical (unpaired) electrons. The van der Waals surface area contributed by atoms with Gasteiger partial charge in [0.25, 0.3) is 5.56 Å². The fraction of sp³-hybridized carbons (Fsp3) is 0.143. The molecule has 90 valence electrons. The van der Waals surface area contributed by atoms with E-state index in [4.69, 9.17) is 0 Å². The van der Waals surface area contributed by atoms with Gasteiger partial charge in [-0.2, -0.15) is 0 Å². The molecule has 0 bridgehead atoms. The second kappa shape index (κ2) is 3.92. The van der Waals surface area contributed by atoms with Gasteiger partial charge in [0, 0.05) is 13.1 Å². The van der Waals surface area contributed by atoms with E-state index in [-0.39, 0.29) is 5.56 Å². The third kappa shape index (κ3) is 1.67. The minimum absolute atomic E-state index is 0.196. The maximum absolute atomic E-state index is 11.3. The van der Waals surface area contributed by atoms with E-state index in [1.54, 1.807) is 0 Å². The van der Waals surface area contributed by atoms with Crippen LogP contribution in [0.2, 0.25) is 0 Å². The smallest absolute Gasteiger partial charge is 0.266 e. The Hall–Kier alpha value is -2.20. The number of nitrogens with one attached hydrogen (secondary N) is 2. The summed E-state index contributed by atoms with van der Waals surface area (Å²) in [6, 6.07) is 3.89. The zero-order valence-corrected chi connectivity index (χ0v) is 9.92. The first-order chi connectivity index (χ1) is 8.65. The van der Waals surface area contributed by atoms with Crippen molar-refractivity contribution in [2.24, 2.45) is 0 Å². The van der Waals surface area contributed by atoms with E-state index in [0.717, 1.165) is 46.4 Å². The van der Waals surface area contributed by atoms with Crippen LogP contribution < -0.4 is 10.9 Å². The Morgan fingerprint density at radius 1 is 1.11 bits per heavy atom. The van der Waals surface area contributed by atoms with Crippen molar-refractivity contribution in [3.8, 4) is 0 Å². The summed E-state index contributed by atoms with van der Waals surface area (Å²) >= 11 is 0. The highest BCUT2D eigenvalue weighted by Crippen LogP contribution is 2.28. The van der Waals surface area contributed by atoms with Crippen LogP contribution in [0.1, 0.15) is 11.1 Å². The summed E-state index contributed by atoms with van der Waals surface area (Å²) in [5, 5.41) is 3.27. The first-order valence-corrected chi connectivity index (χ1v) is 5.75. The van der Waals surface area contributed by atoms with Gasteiger partial charge in [0.15, 0.2) is 0 Å². The maximum Gasteiger partial charge on any atom is 0.266 e. The van der Waals surface area contributed by atoms with Crippen LogP contribution in [-0.4, -0.2) is 23.1 Å². The van der Waals surface area contributed by atoms with Crippen LogP contribution in [0.5, 0.6) is 0 Å². The largest absolute Gasteiger partial charge is 0.319 e. The Labute approximate surface area is 104 Å². The summed E-state index contributed by atoms with van der Waals surface area (Å²) in [5.41, 5.74) is 5.40. The molecule has 4 heteroatoms. The van der Waals surface area contributed by atoms with Gasteiger partial charge < -0.3 is 10.3 Å². The molecular weight excluding hydrogens is 226 g/mol. The molecule has 18 heavy (non-hydrogen) atoms. The molecule has 0 atom stereocenters. The van der Waals surface area contributed by atoms with Gasteiger partial charge in [0.1, 0.15) is 0 Å². The van der Waals surface area contributed by atoms with Gasteiger partial charge in [-0.25, -0.2) is 4.98 Å². The van der Waals surface area contributed by atoms with Gasteiger partial charge in [0.05, 0.1) is 17.2 Å². The molecule has 3 rings (SSSR count). The highest BCUT2D eigenvalue weighted by Gasteiger charge is 2.15. The number of benzene rings is 1. The van der Waals surface area contributed by atoms with Crippen LogP contribution in [0.3, 0.4) is 0 Å². The number of fused-ring (bicyclic) bond motifs is 2. The molecule has 0 saturated heterocycles. The van der Waals surface area contributed by atoms with Gasteiger partial charge in [-0.1, -0.05) is 13.2 Å². The summed E-state index contributed by atoms with van der Waals surface area (Å²) < 4.78 is 0. The van der Waals surface area contributed by atoms with Crippen LogP contribution in [-0.2, 0) is 0 Å². The number of nitrogens with zero attached hydrogens (tertiary/aromatic N) is 1. The lowest BCUT2D eigenvalue weighted by Gasteiger charge is -2.09. The number of aromatic nitrogens is 2. The fourth-order valence-electron chi connectivity index (χ4n) is 2.23. The van der Waals surface area contributed by atoms with Gasteiger partial charge >= 0.3 is 0 Å². The molecule has 2 N–H and O–H groups in total. The summed E-state index contributed by atoms with van der Waals surface area (Å²) in [5.74, 6) is 0. The summed E-state index contributed by atoms with van der Waals surface area (Å²) in [6.07, 6.45) is 1.29. The average Bonchev–Trinajstić information content (AvgIpc) is 2.48. The maximum atomic E-state index is 11.3. The van der Waals surface area contributed by atoms with E-state index in [2.05, 4.69) is 28.4 Å². The quantitative estimate of drug-likeness (QED) is 0.733. The lowest BCUT2D eigenvalue weighted by atomic mass is 9.96. The van der Waals surface area contributed by atoms with Crippen molar-refractivity contribution in [2.45, 2.75) is 0 Å². The van der Waals surface area contributed by atoms with Crippen LogP contribution in [0.25, 0.3) is 22.2 Å². The molecule has 0 unspecified atom stereocenters. The Balaban J connectivity index is 2.35. The molecule has 1 aromatic heterocycles. The summed E-state index contributed by atoms with van der Waals surface area (Å²) in [6.45, 7) is 9.60. The van der Waals surface area contributed by atoms with Crippen molar-refractivity contribution in [3.63, 3.8) is 0 Å². The Morgan fingerprint density at radius 3 is 2.50 bits per heavy atom. The second-order valence-corrected chi connectivity index (χ2v) is 4.47. The van der Waals surface area contributed by atoms with E-state index in [9.17, 15) is 4.79 Å². The van der Waals surface area contributed by atoms with Crippen LogP contribution in [0.15, 0.2) is 36.3 Å². The van der Waals surface area contributed by atoms with E-state index < -0.39 is 0 Å². The number of hydrogen-bond donors (Lipinski definition) is 2. The molecule has 1 aliphatic heterocycles. The third-order valence-corrected chi connectivity index (χ3v) is 3.15. The summed E-state index contributed by atoms with van der Waals surface area (Å²) in [4.78, 5) is 18.2. The first-order valence-electron chi connectivity index (χ1n) is 5.75. The van der Waals surface area contributed by atoms with Crippen LogP contribution in [0.4, 0.5) is 0 Å². The van der Waals surface area contributed by atoms with Gasteiger partial charge in [0.2, 0.25) is 0 Å². The molecule has 0 amide bonds. The van der Waals surface area contributed by atoms with Crippen LogP contribution >= 0.6 is 0 Å². The fourth-order valence-corrected chi connectivity index (χ4v) is 2.23. The van der Waals surface area contributed by atoms with E-state index >= 15 is 0 Å². The number of H-pyrrole nitrogens is 1. The van der Waals surface area contributed by atoms with Gasteiger partial charge in [-0.3, -0.25) is 4.79 Å². The number of rotatable bonds is 0. The standard InChI is InChI=1S/C14H13N3O/c1-8-5-15-6-9(2)11-4-13-12(3-10(8)11)16-7-14(18)17-13/h3-4,7,15H,1-2,5-6H2,(H,17,18). The topological polar surface area (TPSA) is 57.8 Å². The molecule has 1 aromatic carbocycles. The lowest BCUT2D eigenvalue weighted by molar-refractivity contribution is 0.874. The second-order valence-electron chi connectivity index (χ2n) is 4.47. The van der Waals surface area contributed by atoms with Crippen molar-refractivity contribution in [1.82, 2.24) is 15.3 Å². The van der Waals surface area contributed by atoms with Crippen molar-refractivity contribution in [3.05, 3.63) is 53.0 Å². The minimum Gasteiger partial charge on any atom is -0.319 e. The molecule has 2 aromatic rings. The molecule has 0 aliphatic carbocycles. The highest BCUT2D eigenvalue weighted by atomic mass is 16.1. The normalized spacial score (nSPS) is 15.6. The number of aromatic amines is 1. The van der Waals surface area contributed by atoms with E-state index in [1.807, 2.05) is 12.1 Å². The monoisotopic (exact) mass is 239 g/mol. The van der Waals surface area contributed by atoms with Crippen molar-refractivity contribution >= 4 is 22.2 Å². The molecule has 4 nitrogen and oxygen atoms in total. The van der Waals surface area contributed by atoms with Crippen molar-refractivity contribution < 1.29 is 0 Å². The first kappa shape index (κ1) is 10.9. The minimum atomic E-state index is -0.196. The van der Waals surface area contributed by atoms with E-state index in [1.165, 1.54) is 6.20 Å². The lowest BCUT2D eigenvalue weighted by Crippen LogP contribution is -2.14. The molecule has 0 fully saturated rings. The zero-order chi connectivity index (χ0) is 12.7. The molecule has 0 spiro atoms. The van der Waals surface area contributed by atoms with E-state index in [0.29, 0.717) is 0 Å². The average molecular weight is 239 g/mol. The van der Waals surface area contributed by atoms with Crippen molar-refractivity contribution in [1.29, 1.82) is 0 Å². The van der Waals surface area contributed by atoms with Crippen molar-refractivity contribution in [2.75, 3.05) is 13.1 Å². The Morgan fingerprint density at radius 2 is 1.78 bits per heavy atom. The Kier molecular flexibility index (Phi) is 2.38. The predicted octanol–water partition coefficient (Wildman–Crippen LogP) is 1.55. The number of hydrogen-bond acceptors (Lipinski definition) is 3. The third-order valence-electron chi connectivity index (χ3n) is 3.15. The van der Waals surface area contributed by atoms with Gasteiger partial charge in [-0.05, 0) is 34.4 Å². The highest BCUT2D eigenvalue weighted by molar-refractivity contribution is 5.89. The zero-order valence-electron chi connectivity index (χ0n) is 9.92. The SMILES string of the molecule is C=C1CNCC(=C)c2cc3[nH]c(=O)cnc3cc21. The van der Waals surface area contributed by atoms with Crippen LogP contribution in [0, 0.1) is 0 Å².